The molecule has 0 aliphatic rings. The Morgan fingerprint density at radius 2 is 2.42 bits per heavy atom. The van der Waals surface area contributed by atoms with Crippen LogP contribution in [0.25, 0.3) is 0 Å². The molecule has 0 spiro atoms. The number of rotatable bonds is 6. The molecule has 0 amide bonds. The number of hydrogen-bond donors (Lipinski definition) is 2. The number of nitrogens with zero attached hydrogens (tertiary/aromatic N) is 2. The van der Waals surface area contributed by atoms with E-state index in [2.05, 4.69) is 20.0 Å². The first kappa shape index (κ1) is 9.15. The minimum absolute atomic E-state index is 0.231. The third kappa shape index (κ3) is 3.45. The molecule has 0 aliphatic carbocycles. The SMILES string of the molecule is OCCCNCCc1ncon1. The first-order valence-electron chi connectivity index (χ1n) is 4.00. The summed E-state index contributed by atoms with van der Waals surface area (Å²) in [7, 11) is 0. The lowest BCUT2D eigenvalue weighted by Gasteiger charge is -1.99. The molecule has 0 bridgehead atoms. The molecule has 0 atom stereocenters. The summed E-state index contributed by atoms with van der Waals surface area (Å²) in [6.07, 6.45) is 2.87. The Hall–Kier alpha value is -0.940. The largest absolute Gasteiger partial charge is 0.396 e. The van der Waals surface area contributed by atoms with E-state index in [1.807, 2.05) is 0 Å². The van der Waals surface area contributed by atoms with Gasteiger partial charge in [-0.25, -0.2) is 0 Å². The van der Waals surface area contributed by atoms with Crippen molar-refractivity contribution in [2.45, 2.75) is 12.8 Å². The van der Waals surface area contributed by atoms with Crippen molar-refractivity contribution in [3.8, 4) is 0 Å². The van der Waals surface area contributed by atoms with E-state index in [-0.39, 0.29) is 6.61 Å². The fraction of sp³-hybridized carbons (Fsp3) is 0.714. The molecule has 0 aromatic carbocycles. The van der Waals surface area contributed by atoms with Gasteiger partial charge in [0, 0.05) is 19.6 Å². The van der Waals surface area contributed by atoms with Crippen molar-refractivity contribution in [3.63, 3.8) is 0 Å². The molecule has 12 heavy (non-hydrogen) atoms. The maximum Gasteiger partial charge on any atom is 0.213 e. The van der Waals surface area contributed by atoms with Crippen molar-refractivity contribution >= 4 is 0 Å². The highest BCUT2D eigenvalue weighted by Crippen LogP contribution is 1.87. The third-order valence-corrected chi connectivity index (χ3v) is 1.44. The molecule has 0 aliphatic heterocycles. The van der Waals surface area contributed by atoms with Crippen molar-refractivity contribution in [3.05, 3.63) is 12.2 Å². The number of aliphatic hydroxyl groups is 1. The van der Waals surface area contributed by atoms with Gasteiger partial charge in [-0.05, 0) is 13.0 Å². The van der Waals surface area contributed by atoms with Gasteiger partial charge >= 0.3 is 0 Å². The van der Waals surface area contributed by atoms with Gasteiger partial charge in [-0.15, -0.1) is 0 Å². The van der Waals surface area contributed by atoms with Crippen LogP contribution in [0.5, 0.6) is 0 Å². The molecular weight excluding hydrogens is 158 g/mol. The summed E-state index contributed by atoms with van der Waals surface area (Å²) in [6.45, 7) is 1.88. The zero-order valence-electron chi connectivity index (χ0n) is 6.86. The molecule has 0 saturated carbocycles. The first-order valence-corrected chi connectivity index (χ1v) is 4.00. The fourth-order valence-corrected chi connectivity index (χ4v) is 0.832. The van der Waals surface area contributed by atoms with Gasteiger partial charge in [0.05, 0.1) is 0 Å². The van der Waals surface area contributed by atoms with E-state index in [4.69, 9.17) is 5.11 Å². The van der Waals surface area contributed by atoms with Crippen LogP contribution in [0.4, 0.5) is 0 Å². The summed E-state index contributed by atoms with van der Waals surface area (Å²) in [5, 5.41) is 15.3. The van der Waals surface area contributed by atoms with E-state index >= 15 is 0 Å². The Balaban J connectivity index is 1.96. The molecule has 68 valence electrons. The quantitative estimate of drug-likeness (QED) is 0.569. The maximum atomic E-state index is 8.47. The summed E-state index contributed by atoms with van der Waals surface area (Å²) in [4.78, 5) is 3.87. The Labute approximate surface area is 70.8 Å². The molecule has 1 aromatic heterocycles. The van der Waals surface area contributed by atoms with Crippen LogP contribution in [0.2, 0.25) is 0 Å². The molecule has 1 aromatic rings. The summed E-state index contributed by atoms with van der Waals surface area (Å²) >= 11 is 0. The minimum atomic E-state index is 0.231. The number of hydrogen-bond acceptors (Lipinski definition) is 5. The minimum Gasteiger partial charge on any atom is -0.396 e. The van der Waals surface area contributed by atoms with Crippen molar-refractivity contribution in [1.82, 2.24) is 15.5 Å². The Morgan fingerprint density at radius 1 is 1.50 bits per heavy atom. The van der Waals surface area contributed by atoms with Crippen LogP contribution in [-0.4, -0.2) is 34.9 Å². The van der Waals surface area contributed by atoms with Crippen LogP contribution in [0.1, 0.15) is 12.2 Å². The van der Waals surface area contributed by atoms with Crippen LogP contribution < -0.4 is 5.32 Å². The average Bonchev–Trinajstić information content (AvgIpc) is 2.57. The predicted octanol–water partition coefficient (Wildman–Crippen LogP) is -0.416. The standard InChI is InChI=1S/C7H13N3O2/c11-5-1-3-8-4-2-7-9-6-12-10-7/h6,8,11H,1-5H2. The summed E-state index contributed by atoms with van der Waals surface area (Å²) in [5.41, 5.74) is 0. The van der Waals surface area contributed by atoms with E-state index in [1.54, 1.807) is 0 Å². The second-order valence-corrected chi connectivity index (χ2v) is 2.42. The van der Waals surface area contributed by atoms with E-state index in [9.17, 15) is 0 Å². The number of aromatic nitrogens is 2. The van der Waals surface area contributed by atoms with Crippen LogP contribution in [0.3, 0.4) is 0 Å². The second-order valence-electron chi connectivity index (χ2n) is 2.42. The van der Waals surface area contributed by atoms with Gasteiger partial charge in [0.25, 0.3) is 0 Å². The zero-order valence-corrected chi connectivity index (χ0v) is 6.86. The molecule has 0 fully saturated rings. The fourth-order valence-electron chi connectivity index (χ4n) is 0.832. The molecule has 0 saturated heterocycles. The maximum absolute atomic E-state index is 8.47. The topological polar surface area (TPSA) is 71.2 Å². The molecule has 5 heteroatoms. The van der Waals surface area contributed by atoms with Gasteiger partial charge in [0.1, 0.15) is 0 Å². The van der Waals surface area contributed by atoms with Crippen molar-refractivity contribution < 1.29 is 9.63 Å². The summed E-state index contributed by atoms with van der Waals surface area (Å²) in [6, 6.07) is 0. The number of aliphatic hydroxyl groups excluding tert-OH is 1. The first-order chi connectivity index (χ1) is 5.93. The van der Waals surface area contributed by atoms with Gasteiger partial charge in [0.2, 0.25) is 6.39 Å². The molecule has 1 rings (SSSR count). The van der Waals surface area contributed by atoms with Crippen LogP contribution in [0.15, 0.2) is 10.9 Å². The van der Waals surface area contributed by atoms with E-state index in [0.717, 1.165) is 25.9 Å². The zero-order chi connectivity index (χ0) is 8.65. The van der Waals surface area contributed by atoms with Gasteiger partial charge in [0.15, 0.2) is 5.82 Å². The van der Waals surface area contributed by atoms with Crippen LogP contribution in [-0.2, 0) is 6.42 Å². The second kappa shape index (κ2) is 5.68. The molecule has 0 radical (unpaired) electrons. The third-order valence-electron chi connectivity index (χ3n) is 1.44. The highest BCUT2D eigenvalue weighted by atomic mass is 16.5. The van der Waals surface area contributed by atoms with Gasteiger partial charge < -0.3 is 14.9 Å². The lowest BCUT2D eigenvalue weighted by atomic mass is 10.4. The van der Waals surface area contributed by atoms with Crippen molar-refractivity contribution in [1.29, 1.82) is 0 Å². The van der Waals surface area contributed by atoms with Crippen molar-refractivity contribution in [2.75, 3.05) is 19.7 Å². The highest BCUT2D eigenvalue weighted by Gasteiger charge is 1.96. The Kier molecular flexibility index (Phi) is 4.33. The smallest absolute Gasteiger partial charge is 0.213 e. The van der Waals surface area contributed by atoms with Crippen LogP contribution in [0, 0.1) is 0 Å². The molecule has 5 nitrogen and oxygen atoms in total. The predicted molar refractivity (Wildman–Crippen MR) is 42.6 cm³/mol. The van der Waals surface area contributed by atoms with Gasteiger partial charge in [-0.2, -0.15) is 4.98 Å². The Morgan fingerprint density at radius 3 is 3.08 bits per heavy atom. The van der Waals surface area contributed by atoms with E-state index < -0.39 is 0 Å². The molecule has 1 heterocycles. The molecular formula is C7H13N3O2. The van der Waals surface area contributed by atoms with E-state index in [1.165, 1.54) is 6.39 Å². The summed E-state index contributed by atoms with van der Waals surface area (Å²) < 4.78 is 4.56. The van der Waals surface area contributed by atoms with Gasteiger partial charge in [-0.3, -0.25) is 0 Å². The average molecular weight is 171 g/mol. The van der Waals surface area contributed by atoms with E-state index in [0.29, 0.717) is 5.82 Å². The van der Waals surface area contributed by atoms with Gasteiger partial charge in [-0.1, -0.05) is 5.16 Å². The summed E-state index contributed by atoms with van der Waals surface area (Å²) in [5.74, 6) is 0.714. The molecule has 2 N–H and O–H groups in total. The lowest BCUT2D eigenvalue weighted by molar-refractivity contribution is 0.286. The highest BCUT2D eigenvalue weighted by molar-refractivity contribution is 4.78. The van der Waals surface area contributed by atoms with Crippen LogP contribution >= 0.6 is 0 Å². The monoisotopic (exact) mass is 171 g/mol. The lowest BCUT2D eigenvalue weighted by Crippen LogP contribution is -2.19. The molecule has 0 unspecified atom stereocenters. The number of nitrogens with one attached hydrogen (secondary N) is 1. The Bertz CT molecular complexity index is 189. The van der Waals surface area contributed by atoms with Crippen molar-refractivity contribution in [2.24, 2.45) is 0 Å². The normalized spacial score (nSPS) is 10.4.